The molecule has 15 heteroatoms. The molecular formula is C24H25ClF2N3O7PS. The molecule has 2 unspecified atom stereocenters. The third kappa shape index (κ3) is 7.65. The third-order valence-electron chi connectivity index (χ3n) is 6.12. The van der Waals surface area contributed by atoms with Crippen LogP contribution in [-0.2, 0) is 20.4 Å². The van der Waals surface area contributed by atoms with Crippen LogP contribution in [0.4, 0.5) is 19.4 Å². The number of pyridine rings is 1. The third-order valence-corrected chi connectivity index (χ3v) is 8.76. The molecule has 1 aliphatic rings. The number of halogens is 3. The van der Waals surface area contributed by atoms with E-state index >= 15 is 0 Å². The van der Waals surface area contributed by atoms with E-state index < -0.39 is 43.1 Å². The Bertz CT molecular complexity index is 1420. The number of hydrogen-bond donors (Lipinski definition) is 4. The van der Waals surface area contributed by atoms with Gasteiger partial charge >= 0.3 is 13.9 Å². The lowest BCUT2D eigenvalue weighted by molar-refractivity contribution is 0.0505. The number of anilines is 1. The van der Waals surface area contributed by atoms with E-state index in [4.69, 9.17) is 26.1 Å². The molecule has 0 aliphatic carbocycles. The molecule has 39 heavy (non-hydrogen) atoms. The Morgan fingerprint density at radius 2 is 2.05 bits per heavy atom. The van der Waals surface area contributed by atoms with Gasteiger partial charge in [-0.15, -0.1) is 11.8 Å². The van der Waals surface area contributed by atoms with Crippen LogP contribution in [-0.4, -0.2) is 67.4 Å². The minimum Gasteiger partial charge on any atom is -0.448 e. The number of thioether (sulfide) groups is 1. The summed E-state index contributed by atoms with van der Waals surface area (Å²) in [5, 5.41) is 13.8. The van der Waals surface area contributed by atoms with Gasteiger partial charge in [0.2, 0.25) is 0 Å². The molecule has 1 aliphatic heterocycles. The molecule has 1 saturated heterocycles. The molecule has 2 heterocycles. The maximum absolute atomic E-state index is 14.0. The van der Waals surface area contributed by atoms with Gasteiger partial charge in [0.05, 0.1) is 27.9 Å². The van der Waals surface area contributed by atoms with E-state index in [-0.39, 0.29) is 35.7 Å². The van der Waals surface area contributed by atoms with Gasteiger partial charge in [-0.25, -0.2) is 23.1 Å². The summed E-state index contributed by atoms with van der Waals surface area (Å²) in [5.41, 5.74) is 0.489. The van der Waals surface area contributed by atoms with Crippen molar-refractivity contribution in [1.82, 2.24) is 9.88 Å². The van der Waals surface area contributed by atoms with E-state index in [1.807, 2.05) is 0 Å². The van der Waals surface area contributed by atoms with Crippen LogP contribution in [0.1, 0.15) is 12.0 Å². The van der Waals surface area contributed by atoms with Crippen LogP contribution in [0.25, 0.3) is 10.8 Å². The highest BCUT2D eigenvalue weighted by molar-refractivity contribution is 8.08. The van der Waals surface area contributed by atoms with Crippen LogP contribution in [0, 0.1) is 11.6 Å². The second-order valence-electron chi connectivity index (χ2n) is 8.95. The molecule has 10 nitrogen and oxygen atoms in total. The van der Waals surface area contributed by atoms with Crippen LogP contribution in [0.5, 0.6) is 0 Å². The van der Waals surface area contributed by atoms with E-state index in [0.717, 1.165) is 0 Å². The van der Waals surface area contributed by atoms with Crippen molar-refractivity contribution in [3.8, 4) is 0 Å². The fourth-order valence-corrected chi connectivity index (χ4v) is 6.15. The van der Waals surface area contributed by atoms with Crippen LogP contribution in [0.15, 0.2) is 48.7 Å². The second-order valence-corrected chi connectivity index (χ2v) is 12.1. The van der Waals surface area contributed by atoms with E-state index in [1.54, 1.807) is 24.1 Å². The quantitative estimate of drug-likeness (QED) is 0.183. The number of phosphoric acid groups is 1. The zero-order valence-corrected chi connectivity index (χ0v) is 22.9. The Labute approximate surface area is 231 Å². The van der Waals surface area contributed by atoms with Gasteiger partial charge in [-0.3, -0.25) is 14.7 Å². The summed E-state index contributed by atoms with van der Waals surface area (Å²) in [6.07, 6.45) is -0.591. The van der Waals surface area contributed by atoms with E-state index in [0.29, 0.717) is 16.3 Å². The first kappa shape index (κ1) is 29.6. The Balaban J connectivity index is 1.41. The number of benzene rings is 2. The fourth-order valence-electron chi connectivity index (χ4n) is 4.16. The summed E-state index contributed by atoms with van der Waals surface area (Å²) in [4.78, 5) is 35.4. The molecule has 0 saturated carbocycles. The van der Waals surface area contributed by atoms with Crippen LogP contribution in [0.3, 0.4) is 0 Å². The van der Waals surface area contributed by atoms with Crippen molar-refractivity contribution in [1.29, 1.82) is 0 Å². The van der Waals surface area contributed by atoms with Gasteiger partial charge in [0.25, 0.3) is 0 Å². The molecule has 2 aromatic carbocycles. The largest absolute Gasteiger partial charge is 0.469 e. The van der Waals surface area contributed by atoms with Crippen molar-refractivity contribution in [3.05, 3.63) is 70.9 Å². The molecule has 0 radical (unpaired) electrons. The number of nitrogens with zero attached hydrogens (tertiary/aromatic N) is 2. The first-order valence-corrected chi connectivity index (χ1v) is 14.3. The predicted molar refractivity (Wildman–Crippen MR) is 142 cm³/mol. The van der Waals surface area contributed by atoms with E-state index in [2.05, 4.69) is 14.8 Å². The normalized spacial score (nSPS) is 19.7. The predicted octanol–water partition coefficient (Wildman–Crippen LogP) is 4.52. The lowest BCUT2D eigenvalue weighted by Crippen LogP contribution is -2.41. The molecule has 0 bridgehead atoms. The van der Waals surface area contributed by atoms with E-state index in [9.17, 15) is 23.2 Å². The van der Waals surface area contributed by atoms with Crippen LogP contribution in [0.2, 0.25) is 5.02 Å². The topological polar surface area (TPSA) is 141 Å². The number of aliphatic hydroxyl groups is 1. The van der Waals surface area contributed by atoms with Gasteiger partial charge in [0.15, 0.2) is 0 Å². The Morgan fingerprint density at radius 3 is 2.79 bits per heavy atom. The number of phosphoric ester groups is 1. The molecule has 1 aromatic heterocycles. The lowest BCUT2D eigenvalue weighted by Gasteiger charge is -2.30. The molecule has 3 aromatic rings. The Hall–Kier alpha value is -2.35. The van der Waals surface area contributed by atoms with Gasteiger partial charge in [-0.1, -0.05) is 23.7 Å². The smallest absolute Gasteiger partial charge is 0.448 e. The number of carbonyl (C=O) groups is 1. The zero-order valence-electron chi connectivity index (χ0n) is 20.5. The lowest BCUT2D eigenvalue weighted by atomic mass is 10.0. The molecule has 1 fully saturated rings. The number of hydrogen-bond acceptors (Lipinski definition) is 8. The average molecular weight is 604 g/mol. The minimum absolute atomic E-state index is 0.00542. The molecule has 0 spiro atoms. The molecule has 4 rings (SSSR count). The van der Waals surface area contributed by atoms with Crippen molar-refractivity contribution in [2.24, 2.45) is 0 Å². The second kappa shape index (κ2) is 12.0. The van der Waals surface area contributed by atoms with Gasteiger partial charge in [0, 0.05) is 24.5 Å². The van der Waals surface area contributed by atoms with Gasteiger partial charge in [-0.05, 0) is 48.3 Å². The zero-order chi connectivity index (χ0) is 28.4. The summed E-state index contributed by atoms with van der Waals surface area (Å²) in [7, 11) is -3.08. The highest BCUT2D eigenvalue weighted by Crippen LogP contribution is 2.59. The number of rotatable bonds is 11. The summed E-state index contributed by atoms with van der Waals surface area (Å²) in [6, 6.07) is 10.1. The van der Waals surface area contributed by atoms with Crippen molar-refractivity contribution < 1.29 is 42.3 Å². The molecule has 4 N–H and O–H groups in total. The van der Waals surface area contributed by atoms with Crippen LogP contribution < -0.4 is 5.32 Å². The first-order chi connectivity index (χ1) is 18.4. The maximum Gasteiger partial charge on any atom is 0.469 e. The van der Waals surface area contributed by atoms with Gasteiger partial charge in [0.1, 0.15) is 24.1 Å². The SMILES string of the molecule is CN(Cc1cccc(F)c1Cl)[C@@]1(CC(O)COP(=O)(O)O)SC1COC(=O)Nc1cc2cc(F)ccc2cn1. The number of aromatic nitrogens is 1. The molecule has 3 atom stereocenters. The Kier molecular flexibility index (Phi) is 9.14. The number of fused-ring (bicyclic) bond motifs is 1. The minimum atomic E-state index is -4.79. The average Bonchev–Trinajstić information content (AvgIpc) is 3.57. The van der Waals surface area contributed by atoms with E-state index in [1.165, 1.54) is 48.3 Å². The fraction of sp³-hybridized carbons (Fsp3) is 0.333. The summed E-state index contributed by atoms with van der Waals surface area (Å²) in [5.74, 6) is -0.853. The van der Waals surface area contributed by atoms with Crippen molar-refractivity contribution in [2.45, 2.75) is 29.2 Å². The summed E-state index contributed by atoms with van der Waals surface area (Å²) in [6.45, 7) is -0.536. The standard InChI is InChI=1S/C24H25ClF2N3O7PS/c1-30(11-15-3-2-4-19(27)22(15)25)24(9-18(31)12-37-38(33,34)35)20(39-24)13-36-23(32)29-21-8-16-7-17(26)6-5-14(16)10-28-21/h2-8,10,18,20,31H,9,11-13H2,1H3,(H,28,29,32)(H2,33,34,35)/t18?,20?,24-/m0/s1. The number of carbonyl (C=O) groups excluding carboxylic acids is 1. The molecular weight excluding hydrogens is 579 g/mol. The molecule has 1 amide bonds. The van der Waals surface area contributed by atoms with Gasteiger partial charge < -0.3 is 19.6 Å². The highest BCUT2D eigenvalue weighted by Gasteiger charge is 2.59. The highest BCUT2D eigenvalue weighted by atomic mass is 35.5. The number of nitrogens with one attached hydrogen (secondary N) is 1. The molecule has 210 valence electrons. The van der Waals surface area contributed by atoms with Crippen LogP contribution >= 0.6 is 31.2 Å². The van der Waals surface area contributed by atoms with Crippen molar-refractivity contribution in [2.75, 3.05) is 25.6 Å². The number of aliphatic hydroxyl groups excluding tert-OH is 1. The van der Waals surface area contributed by atoms with Crippen molar-refractivity contribution >= 4 is 53.9 Å². The summed E-state index contributed by atoms with van der Waals surface area (Å²) < 4.78 is 48.3. The number of ether oxygens (including phenoxy) is 1. The summed E-state index contributed by atoms with van der Waals surface area (Å²) >= 11 is 7.46. The monoisotopic (exact) mass is 603 g/mol. The van der Waals surface area contributed by atoms with Gasteiger partial charge in [-0.2, -0.15) is 0 Å². The Morgan fingerprint density at radius 1 is 1.28 bits per heavy atom. The first-order valence-electron chi connectivity index (χ1n) is 11.6. The van der Waals surface area contributed by atoms with Crippen molar-refractivity contribution in [3.63, 3.8) is 0 Å². The maximum atomic E-state index is 14.0. The number of amides is 1.